The maximum absolute atomic E-state index is 5.49. The van der Waals surface area contributed by atoms with Crippen molar-refractivity contribution in [2.75, 3.05) is 24.8 Å². The third kappa shape index (κ3) is 2.23. The zero-order valence-electron chi connectivity index (χ0n) is 8.57. The Bertz CT molecular complexity index is 293. The molecule has 3 heteroatoms. The number of rotatable bonds is 1. The van der Waals surface area contributed by atoms with Crippen LogP contribution in [0.3, 0.4) is 0 Å². The Labute approximate surface area is 84.7 Å². The largest absolute Gasteiger partial charge is 0.361 e. The number of ether oxygens (including phenoxy) is 1. The van der Waals surface area contributed by atoms with Crippen molar-refractivity contribution in [1.29, 1.82) is 0 Å². The lowest BCUT2D eigenvalue weighted by molar-refractivity contribution is 0.145. The summed E-state index contributed by atoms with van der Waals surface area (Å²) < 4.78 is 5.49. The van der Waals surface area contributed by atoms with E-state index in [1.54, 1.807) is 0 Å². The third-order valence-electron chi connectivity index (χ3n) is 2.41. The van der Waals surface area contributed by atoms with E-state index in [1.165, 1.54) is 6.42 Å². The standard InChI is InChI=1S/C11H16N2O/c1-10-5-4-6-11(12-10)13-7-2-3-8-14-9-13/h4-6H,2-3,7-9H2,1H3. The maximum atomic E-state index is 5.49. The van der Waals surface area contributed by atoms with Crippen LogP contribution in [0.15, 0.2) is 18.2 Å². The van der Waals surface area contributed by atoms with Gasteiger partial charge in [-0.05, 0) is 31.9 Å². The minimum atomic E-state index is 0.677. The normalized spacial score (nSPS) is 17.9. The van der Waals surface area contributed by atoms with Gasteiger partial charge in [0.2, 0.25) is 0 Å². The van der Waals surface area contributed by atoms with E-state index in [1.807, 2.05) is 25.1 Å². The monoisotopic (exact) mass is 192 g/mol. The highest BCUT2D eigenvalue weighted by Crippen LogP contribution is 2.14. The molecule has 1 aliphatic rings. The highest BCUT2D eigenvalue weighted by atomic mass is 16.5. The molecule has 2 heterocycles. The number of aromatic nitrogens is 1. The van der Waals surface area contributed by atoms with Gasteiger partial charge in [0.15, 0.2) is 0 Å². The Morgan fingerprint density at radius 3 is 3.14 bits per heavy atom. The van der Waals surface area contributed by atoms with E-state index >= 15 is 0 Å². The first-order chi connectivity index (χ1) is 6.86. The molecule has 0 N–H and O–H groups in total. The molecule has 0 saturated carbocycles. The fraction of sp³-hybridized carbons (Fsp3) is 0.545. The molecule has 0 aliphatic carbocycles. The summed E-state index contributed by atoms with van der Waals surface area (Å²) in [6, 6.07) is 6.10. The van der Waals surface area contributed by atoms with Gasteiger partial charge in [0.25, 0.3) is 0 Å². The van der Waals surface area contributed by atoms with Crippen LogP contribution in [0.1, 0.15) is 18.5 Å². The molecule has 1 fully saturated rings. The van der Waals surface area contributed by atoms with Gasteiger partial charge in [0, 0.05) is 18.8 Å². The van der Waals surface area contributed by atoms with Gasteiger partial charge in [0.05, 0.1) is 0 Å². The molecule has 1 saturated heterocycles. The molecule has 1 aromatic rings. The van der Waals surface area contributed by atoms with Gasteiger partial charge in [-0.15, -0.1) is 0 Å². The van der Waals surface area contributed by atoms with Crippen LogP contribution >= 0.6 is 0 Å². The topological polar surface area (TPSA) is 25.4 Å². The van der Waals surface area contributed by atoms with E-state index in [0.29, 0.717) is 6.73 Å². The molecule has 0 atom stereocenters. The predicted molar refractivity (Wildman–Crippen MR) is 56.4 cm³/mol. The number of pyridine rings is 1. The van der Waals surface area contributed by atoms with Crippen LogP contribution in [0.2, 0.25) is 0 Å². The Morgan fingerprint density at radius 1 is 1.36 bits per heavy atom. The van der Waals surface area contributed by atoms with Crippen LogP contribution in [-0.4, -0.2) is 24.9 Å². The summed E-state index contributed by atoms with van der Waals surface area (Å²) in [5.74, 6) is 1.03. The van der Waals surface area contributed by atoms with Crippen LogP contribution in [0.4, 0.5) is 5.82 Å². The molecule has 2 rings (SSSR count). The molecule has 76 valence electrons. The van der Waals surface area contributed by atoms with Gasteiger partial charge in [-0.3, -0.25) is 0 Å². The van der Waals surface area contributed by atoms with Crippen molar-refractivity contribution in [3.05, 3.63) is 23.9 Å². The van der Waals surface area contributed by atoms with Gasteiger partial charge in [-0.1, -0.05) is 6.07 Å². The summed E-state index contributed by atoms with van der Waals surface area (Å²) in [4.78, 5) is 6.68. The molecule has 0 bridgehead atoms. The van der Waals surface area contributed by atoms with E-state index in [-0.39, 0.29) is 0 Å². The van der Waals surface area contributed by atoms with Crippen molar-refractivity contribution in [3.8, 4) is 0 Å². The first kappa shape index (κ1) is 9.46. The SMILES string of the molecule is Cc1cccc(N2CCCCOC2)n1. The molecule has 0 radical (unpaired) electrons. The van der Waals surface area contributed by atoms with Crippen LogP contribution in [0.25, 0.3) is 0 Å². The highest BCUT2D eigenvalue weighted by Gasteiger charge is 2.10. The summed E-state index contributed by atoms with van der Waals surface area (Å²) in [5, 5.41) is 0. The summed E-state index contributed by atoms with van der Waals surface area (Å²) in [6.07, 6.45) is 2.35. The first-order valence-electron chi connectivity index (χ1n) is 5.12. The molecule has 0 amide bonds. The summed E-state index contributed by atoms with van der Waals surface area (Å²) >= 11 is 0. The molecular weight excluding hydrogens is 176 g/mol. The second-order valence-electron chi connectivity index (χ2n) is 3.65. The van der Waals surface area contributed by atoms with Gasteiger partial charge in [0.1, 0.15) is 12.5 Å². The average molecular weight is 192 g/mol. The van der Waals surface area contributed by atoms with Crippen LogP contribution < -0.4 is 4.90 Å². The number of hydrogen-bond acceptors (Lipinski definition) is 3. The van der Waals surface area contributed by atoms with Crippen molar-refractivity contribution in [1.82, 2.24) is 4.98 Å². The number of hydrogen-bond donors (Lipinski definition) is 0. The fourth-order valence-corrected chi connectivity index (χ4v) is 1.63. The second kappa shape index (κ2) is 4.42. The molecular formula is C11H16N2O. The predicted octanol–water partition coefficient (Wildman–Crippen LogP) is 1.96. The van der Waals surface area contributed by atoms with E-state index < -0.39 is 0 Å². The van der Waals surface area contributed by atoms with E-state index in [9.17, 15) is 0 Å². The van der Waals surface area contributed by atoms with Crippen LogP contribution in [0, 0.1) is 6.92 Å². The van der Waals surface area contributed by atoms with Crippen molar-refractivity contribution < 1.29 is 4.74 Å². The molecule has 14 heavy (non-hydrogen) atoms. The summed E-state index contributed by atoms with van der Waals surface area (Å²) in [6.45, 7) is 4.62. The highest BCUT2D eigenvalue weighted by molar-refractivity contribution is 5.38. The lowest BCUT2D eigenvalue weighted by Gasteiger charge is -2.20. The molecule has 3 nitrogen and oxygen atoms in total. The number of aryl methyl sites for hydroxylation is 1. The summed E-state index contributed by atoms with van der Waals surface area (Å²) in [5.41, 5.74) is 1.06. The van der Waals surface area contributed by atoms with Crippen molar-refractivity contribution in [3.63, 3.8) is 0 Å². The van der Waals surface area contributed by atoms with Crippen LogP contribution in [-0.2, 0) is 4.74 Å². The minimum absolute atomic E-state index is 0.677. The number of nitrogens with zero attached hydrogens (tertiary/aromatic N) is 2. The third-order valence-corrected chi connectivity index (χ3v) is 2.41. The fourth-order valence-electron chi connectivity index (χ4n) is 1.63. The second-order valence-corrected chi connectivity index (χ2v) is 3.65. The molecule has 0 unspecified atom stereocenters. The minimum Gasteiger partial charge on any atom is -0.361 e. The molecule has 1 aromatic heterocycles. The lowest BCUT2D eigenvalue weighted by atomic mass is 10.3. The van der Waals surface area contributed by atoms with Gasteiger partial charge in [-0.25, -0.2) is 4.98 Å². The van der Waals surface area contributed by atoms with E-state index in [0.717, 1.165) is 31.1 Å². The van der Waals surface area contributed by atoms with Crippen molar-refractivity contribution in [2.45, 2.75) is 19.8 Å². The van der Waals surface area contributed by atoms with Crippen molar-refractivity contribution in [2.24, 2.45) is 0 Å². The maximum Gasteiger partial charge on any atom is 0.130 e. The number of anilines is 1. The summed E-state index contributed by atoms with van der Waals surface area (Å²) in [7, 11) is 0. The van der Waals surface area contributed by atoms with Gasteiger partial charge < -0.3 is 9.64 Å². The Kier molecular flexibility index (Phi) is 2.99. The molecule has 1 aliphatic heterocycles. The Hall–Kier alpha value is -1.09. The lowest BCUT2D eigenvalue weighted by Crippen LogP contribution is -2.26. The quantitative estimate of drug-likeness (QED) is 0.680. The smallest absolute Gasteiger partial charge is 0.130 e. The first-order valence-corrected chi connectivity index (χ1v) is 5.12. The van der Waals surface area contributed by atoms with Gasteiger partial charge >= 0.3 is 0 Å². The van der Waals surface area contributed by atoms with E-state index in [4.69, 9.17) is 4.74 Å². The Morgan fingerprint density at radius 2 is 2.29 bits per heavy atom. The zero-order valence-corrected chi connectivity index (χ0v) is 8.57. The van der Waals surface area contributed by atoms with Crippen molar-refractivity contribution >= 4 is 5.82 Å². The van der Waals surface area contributed by atoms with Crippen LogP contribution in [0.5, 0.6) is 0 Å². The van der Waals surface area contributed by atoms with Gasteiger partial charge in [-0.2, -0.15) is 0 Å². The Balaban J connectivity index is 2.12. The molecule has 0 aromatic carbocycles. The molecule has 0 spiro atoms. The zero-order chi connectivity index (χ0) is 9.80. The van der Waals surface area contributed by atoms with E-state index in [2.05, 4.69) is 9.88 Å². The average Bonchev–Trinajstić information content (AvgIpc) is 2.45.